The van der Waals surface area contributed by atoms with Gasteiger partial charge in [0, 0.05) is 32.3 Å². The van der Waals surface area contributed by atoms with Crippen LogP contribution in [0, 0.1) is 5.92 Å². The predicted molar refractivity (Wildman–Crippen MR) is 122 cm³/mol. The Morgan fingerprint density at radius 2 is 2.07 bits per heavy atom. The van der Waals surface area contributed by atoms with Gasteiger partial charge >= 0.3 is 0 Å². The summed E-state index contributed by atoms with van der Waals surface area (Å²) < 4.78 is 2.03. The number of hydrogen-bond acceptors (Lipinski definition) is 3. The van der Waals surface area contributed by atoms with Gasteiger partial charge in [-0.3, -0.25) is 9.39 Å². The summed E-state index contributed by atoms with van der Waals surface area (Å²) in [5.41, 5.74) is 0.890. The standard InChI is InChI=1S/C20H32N6.HI/c1-16(11-12-17-8-4-3-5-9-17)23-20(21-2)22-14-13-19-25-24-18-10-6-7-15-26(18)19;/h6-7,10,15-17H,3-5,8-9,11-14H2,1-2H3,(H2,21,22,23);1H. The molecule has 0 aromatic carbocycles. The lowest BCUT2D eigenvalue weighted by Gasteiger charge is -2.24. The second-order valence-electron chi connectivity index (χ2n) is 7.42. The minimum atomic E-state index is 0. The third kappa shape index (κ3) is 6.62. The molecule has 0 spiro atoms. The number of nitrogens with zero attached hydrogens (tertiary/aromatic N) is 4. The maximum Gasteiger partial charge on any atom is 0.191 e. The van der Waals surface area contributed by atoms with Gasteiger partial charge in [0.25, 0.3) is 0 Å². The smallest absolute Gasteiger partial charge is 0.191 e. The largest absolute Gasteiger partial charge is 0.356 e. The van der Waals surface area contributed by atoms with Crippen molar-refractivity contribution in [3.05, 3.63) is 30.2 Å². The third-order valence-corrected chi connectivity index (χ3v) is 5.36. The molecule has 1 atom stereocenters. The van der Waals surface area contributed by atoms with Crippen molar-refractivity contribution in [2.45, 2.75) is 64.3 Å². The average Bonchev–Trinajstić information content (AvgIpc) is 3.09. The van der Waals surface area contributed by atoms with E-state index in [2.05, 4.69) is 32.7 Å². The molecule has 1 unspecified atom stereocenters. The quantitative estimate of drug-likeness (QED) is 0.357. The van der Waals surface area contributed by atoms with E-state index >= 15 is 0 Å². The first kappa shape index (κ1) is 21.9. The molecule has 0 radical (unpaired) electrons. The molecule has 1 saturated carbocycles. The van der Waals surface area contributed by atoms with Crippen molar-refractivity contribution in [3.8, 4) is 0 Å². The van der Waals surface area contributed by atoms with Crippen LogP contribution in [0.2, 0.25) is 0 Å². The van der Waals surface area contributed by atoms with E-state index in [0.29, 0.717) is 6.04 Å². The highest BCUT2D eigenvalue weighted by Crippen LogP contribution is 2.27. The summed E-state index contributed by atoms with van der Waals surface area (Å²) in [5.74, 6) is 2.77. The second-order valence-corrected chi connectivity index (χ2v) is 7.42. The van der Waals surface area contributed by atoms with Gasteiger partial charge in [-0.15, -0.1) is 34.2 Å². The fourth-order valence-corrected chi connectivity index (χ4v) is 3.82. The molecule has 3 rings (SSSR count). The highest BCUT2D eigenvalue weighted by Gasteiger charge is 2.15. The fraction of sp³-hybridized carbons (Fsp3) is 0.650. The van der Waals surface area contributed by atoms with Crippen molar-refractivity contribution in [1.29, 1.82) is 0 Å². The fourth-order valence-electron chi connectivity index (χ4n) is 3.82. The van der Waals surface area contributed by atoms with Crippen molar-refractivity contribution in [2.24, 2.45) is 10.9 Å². The Labute approximate surface area is 179 Å². The molecular formula is C20H33IN6. The lowest BCUT2D eigenvalue weighted by atomic mass is 9.85. The predicted octanol–water partition coefficient (Wildman–Crippen LogP) is 3.80. The molecule has 2 aromatic rings. The summed E-state index contributed by atoms with van der Waals surface area (Å²) in [6.45, 7) is 3.03. The summed E-state index contributed by atoms with van der Waals surface area (Å²) in [6.07, 6.45) is 12.5. The van der Waals surface area contributed by atoms with Crippen LogP contribution in [0.5, 0.6) is 0 Å². The molecule has 2 heterocycles. The Balaban J connectivity index is 0.00000261. The van der Waals surface area contributed by atoms with E-state index in [1.807, 2.05) is 35.8 Å². The molecule has 150 valence electrons. The van der Waals surface area contributed by atoms with E-state index in [9.17, 15) is 0 Å². The highest BCUT2D eigenvalue weighted by molar-refractivity contribution is 14.0. The summed E-state index contributed by atoms with van der Waals surface area (Å²) >= 11 is 0. The molecule has 1 aliphatic carbocycles. The molecule has 7 heteroatoms. The van der Waals surface area contributed by atoms with Gasteiger partial charge in [-0.1, -0.05) is 38.2 Å². The molecule has 1 fully saturated rings. The number of halogens is 1. The van der Waals surface area contributed by atoms with E-state index in [4.69, 9.17) is 0 Å². The van der Waals surface area contributed by atoms with E-state index in [0.717, 1.165) is 36.3 Å². The molecule has 0 amide bonds. The molecule has 6 nitrogen and oxygen atoms in total. The van der Waals surface area contributed by atoms with Crippen LogP contribution in [0.25, 0.3) is 5.65 Å². The van der Waals surface area contributed by atoms with Crippen LogP contribution >= 0.6 is 24.0 Å². The first-order valence-electron chi connectivity index (χ1n) is 10.0. The minimum absolute atomic E-state index is 0. The lowest BCUT2D eigenvalue weighted by Crippen LogP contribution is -2.43. The SMILES string of the molecule is CN=C(NCCc1nnc2ccccn12)NC(C)CCC1CCCCC1.I. The Hall–Kier alpha value is -1.38. The van der Waals surface area contributed by atoms with Gasteiger partial charge in [0.15, 0.2) is 11.6 Å². The minimum Gasteiger partial charge on any atom is -0.356 e. The zero-order valence-corrected chi connectivity index (χ0v) is 18.9. The molecule has 0 saturated heterocycles. The van der Waals surface area contributed by atoms with E-state index in [1.165, 1.54) is 44.9 Å². The molecule has 1 aliphatic rings. The van der Waals surface area contributed by atoms with E-state index < -0.39 is 0 Å². The third-order valence-electron chi connectivity index (χ3n) is 5.36. The summed E-state index contributed by atoms with van der Waals surface area (Å²) in [4.78, 5) is 4.36. The first-order valence-corrected chi connectivity index (χ1v) is 10.0. The molecular weight excluding hydrogens is 451 g/mol. The van der Waals surface area contributed by atoms with Gasteiger partial charge in [0.05, 0.1) is 0 Å². The van der Waals surface area contributed by atoms with Crippen LogP contribution in [-0.2, 0) is 6.42 Å². The van der Waals surface area contributed by atoms with Gasteiger partial charge in [-0.25, -0.2) is 0 Å². The number of aromatic nitrogens is 3. The van der Waals surface area contributed by atoms with Gasteiger partial charge in [-0.2, -0.15) is 0 Å². The summed E-state index contributed by atoms with van der Waals surface area (Å²) in [6, 6.07) is 6.39. The monoisotopic (exact) mass is 484 g/mol. The Bertz CT molecular complexity index is 707. The van der Waals surface area contributed by atoms with E-state index in [-0.39, 0.29) is 24.0 Å². The first-order chi connectivity index (χ1) is 12.8. The Morgan fingerprint density at radius 1 is 1.26 bits per heavy atom. The summed E-state index contributed by atoms with van der Waals surface area (Å²) in [5, 5.41) is 15.4. The number of guanidine groups is 1. The van der Waals surface area contributed by atoms with Crippen molar-refractivity contribution in [3.63, 3.8) is 0 Å². The van der Waals surface area contributed by atoms with Crippen molar-refractivity contribution in [2.75, 3.05) is 13.6 Å². The number of pyridine rings is 1. The molecule has 2 N–H and O–H groups in total. The summed E-state index contributed by atoms with van der Waals surface area (Å²) in [7, 11) is 1.83. The van der Waals surface area contributed by atoms with E-state index in [1.54, 1.807) is 0 Å². The number of nitrogens with one attached hydrogen (secondary N) is 2. The molecule has 2 aromatic heterocycles. The van der Waals surface area contributed by atoms with Crippen molar-refractivity contribution < 1.29 is 0 Å². The second kappa shape index (κ2) is 11.5. The zero-order chi connectivity index (χ0) is 18.2. The van der Waals surface area contributed by atoms with Gasteiger partial charge in [0.1, 0.15) is 5.82 Å². The zero-order valence-electron chi connectivity index (χ0n) is 16.5. The lowest BCUT2D eigenvalue weighted by molar-refractivity contribution is 0.322. The highest BCUT2D eigenvalue weighted by atomic mass is 127. The van der Waals surface area contributed by atoms with Crippen LogP contribution < -0.4 is 10.6 Å². The topological polar surface area (TPSA) is 66.6 Å². The van der Waals surface area contributed by atoms with Gasteiger partial charge < -0.3 is 10.6 Å². The van der Waals surface area contributed by atoms with Crippen LogP contribution in [-0.4, -0.2) is 40.2 Å². The van der Waals surface area contributed by atoms with Gasteiger partial charge in [-0.05, 0) is 37.8 Å². The molecule has 27 heavy (non-hydrogen) atoms. The molecule has 0 bridgehead atoms. The number of hydrogen-bond donors (Lipinski definition) is 2. The van der Waals surface area contributed by atoms with Crippen molar-refractivity contribution in [1.82, 2.24) is 25.2 Å². The van der Waals surface area contributed by atoms with Crippen molar-refractivity contribution >= 4 is 35.6 Å². The normalized spacial score (nSPS) is 16.7. The molecule has 0 aliphatic heterocycles. The van der Waals surface area contributed by atoms with Crippen LogP contribution in [0.4, 0.5) is 0 Å². The number of rotatable bonds is 7. The maximum absolute atomic E-state index is 4.36. The van der Waals surface area contributed by atoms with Crippen LogP contribution in [0.1, 0.15) is 57.7 Å². The Morgan fingerprint density at radius 3 is 2.85 bits per heavy atom. The number of fused-ring (bicyclic) bond motifs is 1. The number of aliphatic imine (C=N–C) groups is 1. The van der Waals surface area contributed by atoms with Gasteiger partial charge in [0.2, 0.25) is 0 Å². The Kier molecular flexibility index (Phi) is 9.30. The van der Waals surface area contributed by atoms with Crippen LogP contribution in [0.15, 0.2) is 29.4 Å². The van der Waals surface area contributed by atoms with Crippen LogP contribution in [0.3, 0.4) is 0 Å². The maximum atomic E-state index is 4.36. The average molecular weight is 484 g/mol.